The predicted molar refractivity (Wildman–Crippen MR) is 73.2 cm³/mol. The zero-order valence-electron chi connectivity index (χ0n) is 11.1. The summed E-state index contributed by atoms with van der Waals surface area (Å²) in [4.78, 5) is 4.58. The summed E-state index contributed by atoms with van der Waals surface area (Å²) in [7, 11) is 1.92. The number of hydrazine groups is 1. The molecule has 0 saturated heterocycles. The lowest BCUT2D eigenvalue weighted by atomic mass is 9.80. The molecule has 0 fully saturated rings. The van der Waals surface area contributed by atoms with Crippen molar-refractivity contribution in [3.63, 3.8) is 0 Å². The molecule has 5 heteroatoms. The second kappa shape index (κ2) is 5.11. The lowest BCUT2D eigenvalue weighted by molar-refractivity contribution is 0.399. The van der Waals surface area contributed by atoms with Gasteiger partial charge in [0.25, 0.3) is 0 Å². The molecule has 19 heavy (non-hydrogen) atoms. The van der Waals surface area contributed by atoms with Gasteiger partial charge in [-0.1, -0.05) is 6.07 Å². The fraction of sp³-hybridized carbons (Fsp3) is 0.429. The number of aryl methyl sites for hydroxylation is 2. The second-order valence-electron chi connectivity index (χ2n) is 5.14. The van der Waals surface area contributed by atoms with Crippen molar-refractivity contribution in [2.75, 3.05) is 0 Å². The van der Waals surface area contributed by atoms with Crippen LogP contribution >= 0.6 is 0 Å². The van der Waals surface area contributed by atoms with Gasteiger partial charge in [-0.05, 0) is 30.9 Å². The number of nitrogens with one attached hydrogen (secondary N) is 1. The van der Waals surface area contributed by atoms with Crippen molar-refractivity contribution in [1.82, 2.24) is 20.2 Å². The predicted octanol–water partition coefficient (Wildman–Crippen LogP) is 1.44. The molecule has 1 aliphatic rings. The maximum absolute atomic E-state index is 5.79. The first kappa shape index (κ1) is 12.3. The molecule has 2 heterocycles. The van der Waals surface area contributed by atoms with Crippen molar-refractivity contribution >= 4 is 0 Å². The van der Waals surface area contributed by atoms with Gasteiger partial charge >= 0.3 is 0 Å². The maximum atomic E-state index is 5.79. The van der Waals surface area contributed by atoms with Crippen molar-refractivity contribution in [3.05, 3.63) is 47.5 Å². The summed E-state index contributed by atoms with van der Waals surface area (Å²) in [5, 5.41) is 4.24. The van der Waals surface area contributed by atoms with Crippen molar-refractivity contribution in [2.45, 2.75) is 31.2 Å². The van der Waals surface area contributed by atoms with Gasteiger partial charge in [-0.15, -0.1) is 0 Å². The van der Waals surface area contributed by atoms with E-state index in [2.05, 4.69) is 21.6 Å². The molecule has 5 nitrogen and oxygen atoms in total. The molecule has 0 amide bonds. The first-order valence-electron chi connectivity index (χ1n) is 6.68. The van der Waals surface area contributed by atoms with E-state index < -0.39 is 0 Å². The Hall–Kier alpha value is -1.72. The summed E-state index contributed by atoms with van der Waals surface area (Å²) < 4.78 is 1.81. The number of aromatic nitrogens is 3. The van der Waals surface area contributed by atoms with Gasteiger partial charge < -0.3 is 0 Å². The van der Waals surface area contributed by atoms with E-state index in [4.69, 9.17) is 5.84 Å². The largest absolute Gasteiger partial charge is 0.275 e. The maximum Gasteiger partial charge on any atom is 0.0574 e. The average Bonchev–Trinajstić information content (AvgIpc) is 2.86. The molecule has 3 rings (SSSR count). The number of nitrogens with zero attached hydrogens (tertiary/aromatic N) is 3. The molecule has 2 aromatic rings. The molecule has 0 bridgehead atoms. The van der Waals surface area contributed by atoms with Crippen LogP contribution in [-0.4, -0.2) is 14.8 Å². The summed E-state index contributed by atoms with van der Waals surface area (Å²) in [5.41, 5.74) is 6.60. The molecule has 0 aromatic carbocycles. The Morgan fingerprint density at radius 3 is 3.16 bits per heavy atom. The van der Waals surface area contributed by atoms with Crippen molar-refractivity contribution in [3.8, 4) is 0 Å². The number of hydrogen-bond acceptors (Lipinski definition) is 4. The Kier molecular flexibility index (Phi) is 3.31. The summed E-state index contributed by atoms with van der Waals surface area (Å²) in [6.45, 7) is 0. The molecule has 2 aromatic heterocycles. The lowest BCUT2D eigenvalue weighted by Crippen LogP contribution is -2.34. The highest BCUT2D eigenvalue weighted by Gasteiger charge is 2.30. The van der Waals surface area contributed by atoms with E-state index in [0.29, 0.717) is 5.92 Å². The highest BCUT2D eigenvalue weighted by molar-refractivity contribution is 5.30. The molecule has 2 atom stereocenters. The van der Waals surface area contributed by atoms with Gasteiger partial charge in [0, 0.05) is 36.6 Å². The van der Waals surface area contributed by atoms with Gasteiger partial charge in [-0.3, -0.25) is 20.9 Å². The quantitative estimate of drug-likeness (QED) is 0.645. The highest BCUT2D eigenvalue weighted by atomic mass is 15.3. The van der Waals surface area contributed by atoms with E-state index in [1.165, 1.54) is 17.7 Å². The van der Waals surface area contributed by atoms with Gasteiger partial charge in [-0.25, -0.2) is 0 Å². The summed E-state index contributed by atoms with van der Waals surface area (Å²) in [5.74, 6) is 6.11. The molecule has 2 unspecified atom stereocenters. The minimum atomic E-state index is 0.0719. The second-order valence-corrected chi connectivity index (χ2v) is 5.14. The van der Waals surface area contributed by atoms with Gasteiger partial charge in [0.05, 0.1) is 12.2 Å². The number of fused-ring (bicyclic) bond motifs is 1. The third kappa shape index (κ3) is 2.27. The summed E-state index contributed by atoms with van der Waals surface area (Å²) in [6.07, 6.45) is 9.16. The van der Waals surface area contributed by atoms with Crippen LogP contribution in [0.25, 0.3) is 0 Å². The average molecular weight is 257 g/mol. The SMILES string of the molecule is Cn1cc(C(NN)C2CCCc3cccnc32)cn1. The molecule has 0 saturated carbocycles. The van der Waals surface area contributed by atoms with E-state index in [-0.39, 0.29) is 6.04 Å². The highest BCUT2D eigenvalue weighted by Crippen LogP contribution is 2.38. The van der Waals surface area contributed by atoms with Crippen molar-refractivity contribution in [2.24, 2.45) is 12.9 Å². The van der Waals surface area contributed by atoms with Crippen LogP contribution in [0.2, 0.25) is 0 Å². The fourth-order valence-corrected chi connectivity index (χ4v) is 3.02. The normalized spacial score (nSPS) is 20.0. The number of nitrogens with two attached hydrogens (primary N) is 1. The lowest BCUT2D eigenvalue weighted by Gasteiger charge is -2.30. The molecule has 0 radical (unpaired) electrons. The van der Waals surface area contributed by atoms with Gasteiger partial charge in [0.1, 0.15) is 0 Å². The number of rotatable bonds is 3. The Morgan fingerprint density at radius 2 is 2.42 bits per heavy atom. The molecular weight excluding hydrogens is 238 g/mol. The standard InChI is InChI=1S/C14H19N5/c1-19-9-11(8-17-19)14(18-15)12-6-2-4-10-5-3-7-16-13(10)12/h3,5,7-9,12,14,18H,2,4,6,15H2,1H3. The van der Waals surface area contributed by atoms with Crippen LogP contribution in [0.4, 0.5) is 0 Å². The van der Waals surface area contributed by atoms with E-state index >= 15 is 0 Å². The first-order chi connectivity index (χ1) is 9.29. The molecular formula is C14H19N5. The monoisotopic (exact) mass is 257 g/mol. The van der Waals surface area contributed by atoms with E-state index in [1.54, 1.807) is 0 Å². The van der Waals surface area contributed by atoms with Crippen LogP contribution in [0.3, 0.4) is 0 Å². The first-order valence-corrected chi connectivity index (χ1v) is 6.68. The molecule has 3 N–H and O–H groups in total. The zero-order chi connectivity index (χ0) is 13.2. The topological polar surface area (TPSA) is 68.8 Å². The van der Waals surface area contributed by atoms with E-state index in [1.807, 2.05) is 36.4 Å². The molecule has 0 spiro atoms. The zero-order valence-corrected chi connectivity index (χ0v) is 11.1. The van der Waals surface area contributed by atoms with Crippen LogP contribution in [0.15, 0.2) is 30.7 Å². The van der Waals surface area contributed by atoms with E-state index in [9.17, 15) is 0 Å². The molecule has 1 aliphatic carbocycles. The third-order valence-corrected chi connectivity index (χ3v) is 3.90. The van der Waals surface area contributed by atoms with Crippen LogP contribution < -0.4 is 11.3 Å². The smallest absolute Gasteiger partial charge is 0.0574 e. The van der Waals surface area contributed by atoms with Crippen molar-refractivity contribution < 1.29 is 0 Å². The van der Waals surface area contributed by atoms with E-state index in [0.717, 1.165) is 18.4 Å². The Morgan fingerprint density at radius 1 is 1.53 bits per heavy atom. The van der Waals surface area contributed by atoms with Crippen LogP contribution in [0.5, 0.6) is 0 Å². The fourth-order valence-electron chi connectivity index (χ4n) is 3.02. The van der Waals surface area contributed by atoms with Crippen LogP contribution in [-0.2, 0) is 13.5 Å². The Balaban J connectivity index is 1.97. The van der Waals surface area contributed by atoms with Crippen LogP contribution in [0.1, 0.15) is 41.6 Å². The summed E-state index contributed by atoms with van der Waals surface area (Å²) in [6, 6.07) is 4.25. The molecule has 100 valence electrons. The Labute approximate surface area is 112 Å². The number of hydrogen-bond donors (Lipinski definition) is 2. The number of pyridine rings is 1. The van der Waals surface area contributed by atoms with Gasteiger partial charge in [0.15, 0.2) is 0 Å². The third-order valence-electron chi connectivity index (χ3n) is 3.90. The Bertz CT molecular complexity index is 562. The van der Waals surface area contributed by atoms with Gasteiger partial charge in [-0.2, -0.15) is 5.10 Å². The van der Waals surface area contributed by atoms with Crippen molar-refractivity contribution in [1.29, 1.82) is 0 Å². The minimum Gasteiger partial charge on any atom is -0.275 e. The minimum absolute atomic E-state index is 0.0719. The van der Waals surface area contributed by atoms with Gasteiger partial charge in [0.2, 0.25) is 0 Å². The summed E-state index contributed by atoms with van der Waals surface area (Å²) >= 11 is 0. The van der Waals surface area contributed by atoms with Crippen LogP contribution in [0, 0.1) is 0 Å². The molecule has 0 aliphatic heterocycles.